The molecule has 0 atom stereocenters. The van der Waals surface area contributed by atoms with E-state index in [4.69, 9.17) is 0 Å². The molecule has 1 aliphatic rings. The fourth-order valence-electron chi connectivity index (χ4n) is 1.96. The van der Waals surface area contributed by atoms with Crippen LogP contribution >= 0.6 is 15.9 Å². The Morgan fingerprint density at radius 2 is 2.24 bits per heavy atom. The van der Waals surface area contributed by atoms with Crippen molar-refractivity contribution in [2.45, 2.75) is 6.92 Å². The van der Waals surface area contributed by atoms with Crippen molar-refractivity contribution in [3.63, 3.8) is 0 Å². The fourth-order valence-corrected chi connectivity index (χ4v) is 3.68. The van der Waals surface area contributed by atoms with Crippen molar-refractivity contribution >= 4 is 37.5 Å². The van der Waals surface area contributed by atoms with Gasteiger partial charge in [-0.05, 0) is 22.9 Å². The Balaban J connectivity index is 1.87. The van der Waals surface area contributed by atoms with E-state index in [1.165, 1.54) is 16.6 Å². The lowest BCUT2D eigenvalue weighted by Crippen LogP contribution is -2.52. The van der Waals surface area contributed by atoms with Gasteiger partial charge in [0.05, 0.1) is 15.1 Å². The molecule has 2 heterocycles. The van der Waals surface area contributed by atoms with Gasteiger partial charge in [-0.1, -0.05) is 0 Å². The van der Waals surface area contributed by atoms with Gasteiger partial charge >= 0.3 is 0 Å². The summed E-state index contributed by atoms with van der Waals surface area (Å²) in [6, 6.07) is 1.38. The first-order valence-electron chi connectivity index (χ1n) is 6.35. The number of sulfonamides is 1. The standard InChI is InChI=1S/C11H15BrN4O4S/c1-2-21(19,20)15-6-8(7-15)4-13-11-10(12)3-9(5-14-11)16(17)18/h3,5,8H,2,4,6-7H2,1H3,(H,13,14). The molecule has 21 heavy (non-hydrogen) atoms. The van der Waals surface area contributed by atoms with Gasteiger partial charge in [-0.3, -0.25) is 10.1 Å². The lowest BCUT2D eigenvalue weighted by atomic mass is 10.0. The van der Waals surface area contributed by atoms with E-state index in [1.54, 1.807) is 6.92 Å². The van der Waals surface area contributed by atoms with Crippen LogP contribution in [0.5, 0.6) is 0 Å². The number of aromatic nitrogens is 1. The number of hydrogen-bond donors (Lipinski definition) is 1. The van der Waals surface area contributed by atoms with Gasteiger partial charge in [0.1, 0.15) is 12.0 Å². The molecule has 10 heteroatoms. The summed E-state index contributed by atoms with van der Waals surface area (Å²) in [6.45, 7) is 3.18. The second-order valence-electron chi connectivity index (χ2n) is 4.75. The van der Waals surface area contributed by atoms with E-state index in [1.807, 2.05) is 0 Å². The minimum Gasteiger partial charge on any atom is -0.369 e. The van der Waals surface area contributed by atoms with E-state index < -0.39 is 14.9 Å². The van der Waals surface area contributed by atoms with Crippen molar-refractivity contribution in [1.29, 1.82) is 0 Å². The van der Waals surface area contributed by atoms with E-state index in [-0.39, 0.29) is 17.4 Å². The van der Waals surface area contributed by atoms with Crippen LogP contribution in [0.3, 0.4) is 0 Å². The molecule has 1 aromatic heterocycles. The molecule has 0 bridgehead atoms. The van der Waals surface area contributed by atoms with Gasteiger partial charge in [-0.15, -0.1) is 0 Å². The Labute approximate surface area is 130 Å². The summed E-state index contributed by atoms with van der Waals surface area (Å²) in [5.74, 6) is 0.843. The average Bonchev–Trinajstić information content (AvgIpc) is 2.38. The van der Waals surface area contributed by atoms with Crippen LogP contribution in [0.2, 0.25) is 0 Å². The molecule has 8 nitrogen and oxygen atoms in total. The van der Waals surface area contributed by atoms with Gasteiger partial charge in [-0.25, -0.2) is 17.7 Å². The van der Waals surface area contributed by atoms with Crippen molar-refractivity contribution in [2.24, 2.45) is 5.92 Å². The van der Waals surface area contributed by atoms with Crippen LogP contribution < -0.4 is 5.32 Å². The number of nitrogens with zero attached hydrogens (tertiary/aromatic N) is 3. The molecule has 1 saturated heterocycles. The topological polar surface area (TPSA) is 105 Å². The first kappa shape index (κ1) is 16.1. The highest BCUT2D eigenvalue weighted by Gasteiger charge is 2.34. The Kier molecular flexibility index (Phi) is 4.79. The van der Waals surface area contributed by atoms with Crippen LogP contribution in [0.25, 0.3) is 0 Å². The highest BCUT2D eigenvalue weighted by atomic mass is 79.9. The predicted octanol–water partition coefficient (Wildman–Crippen LogP) is 1.45. The zero-order valence-electron chi connectivity index (χ0n) is 11.3. The minimum absolute atomic E-state index is 0.0868. The van der Waals surface area contributed by atoms with E-state index in [9.17, 15) is 18.5 Å². The van der Waals surface area contributed by atoms with Crippen LogP contribution in [0.15, 0.2) is 16.7 Å². The number of hydrogen-bond acceptors (Lipinski definition) is 6. The highest BCUT2D eigenvalue weighted by molar-refractivity contribution is 9.10. The third kappa shape index (κ3) is 3.69. The van der Waals surface area contributed by atoms with Gasteiger partial charge < -0.3 is 5.32 Å². The molecule has 116 valence electrons. The third-order valence-corrected chi connectivity index (χ3v) is 5.70. The normalized spacial score (nSPS) is 16.5. The van der Waals surface area contributed by atoms with Crippen LogP contribution in [0, 0.1) is 16.0 Å². The maximum atomic E-state index is 11.6. The maximum absolute atomic E-state index is 11.6. The van der Waals surface area contributed by atoms with E-state index in [0.29, 0.717) is 29.9 Å². The second-order valence-corrected chi connectivity index (χ2v) is 7.86. The largest absolute Gasteiger partial charge is 0.369 e. The van der Waals surface area contributed by atoms with Gasteiger partial charge in [0, 0.05) is 31.6 Å². The summed E-state index contributed by atoms with van der Waals surface area (Å²) in [6.07, 6.45) is 1.18. The van der Waals surface area contributed by atoms with Crippen LogP contribution in [-0.2, 0) is 10.0 Å². The molecule has 1 fully saturated rings. The van der Waals surface area contributed by atoms with Crippen molar-refractivity contribution in [3.8, 4) is 0 Å². The fraction of sp³-hybridized carbons (Fsp3) is 0.545. The van der Waals surface area contributed by atoms with Crippen LogP contribution in [0.1, 0.15) is 6.92 Å². The highest BCUT2D eigenvalue weighted by Crippen LogP contribution is 2.26. The monoisotopic (exact) mass is 378 g/mol. The summed E-state index contributed by atoms with van der Waals surface area (Å²) >= 11 is 3.22. The smallest absolute Gasteiger partial charge is 0.288 e. The zero-order chi connectivity index (χ0) is 15.6. The summed E-state index contributed by atoms with van der Waals surface area (Å²) in [7, 11) is -3.09. The maximum Gasteiger partial charge on any atom is 0.288 e. The number of halogens is 1. The first-order chi connectivity index (χ1) is 9.83. The van der Waals surface area contributed by atoms with Crippen molar-refractivity contribution in [2.75, 3.05) is 30.7 Å². The molecule has 1 N–H and O–H groups in total. The van der Waals surface area contributed by atoms with Crippen LogP contribution in [-0.4, -0.2) is 48.0 Å². The minimum atomic E-state index is -3.09. The average molecular weight is 379 g/mol. The summed E-state index contributed by atoms with van der Waals surface area (Å²) < 4.78 is 25.1. The Morgan fingerprint density at radius 1 is 1.57 bits per heavy atom. The molecule has 0 aliphatic carbocycles. The van der Waals surface area contributed by atoms with Crippen molar-refractivity contribution in [3.05, 3.63) is 26.9 Å². The SMILES string of the molecule is CCS(=O)(=O)N1CC(CNc2ncc([N+](=O)[O-])cc2Br)C1. The summed E-state index contributed by atoms with van der Waals surface area (Å²) in [5, 5.41) is 13.7. The van der Waals surface area contributed by atoms with Crippen molar-refractivity contribution < 1.29 is 13.3 Å². The Hall–Kier alpha value is -1.26. The van der Waals surface area contributed by atoms with Gasteiger partial charge in [0.2, 0.25) is 10.0 Å². The first-order valence-corrected chi connectivity index (χ1v) is 8.75. The molecule has 0 radical (unpaired) electrons. The predicted molar refractivity (Wildman–Crippen MR) is 81.6 cm³/mol. The zero-order valence-corrected chi connectivity index (χ0v) is 13.7. The van der Waals surface area contributed by atoms with Gasteiger partial charge in [0.15, 0.2) is 0 Å². The molecule has 1 aromatic rings. The Morgan fingerprint density at radius 3 is 2.76 bits per heavy atom. The lowest BCUT2D eigenvalue weighted by Gasteiger charge is -2.38. The number of anilines is 1. The van der Waals surface area contributed by atoms with Gasteiger partial charge in [0.25, 0.3) is 5.69 Å². The quantitative estimate of drug-likeness (QED) is 0.592. The third-order valence-electron chi connectivity index (χ3n) is 3.28. The molecule has 0 saturated carbocycles. The molecular weight excluding hydrogens is 364 g/mol. The molecule has 2 rings (SSSR count). The van der Waals surface area contributed by atoms with E-state index in [2.05, 4.69) is 26.2 Å². The molecule has 1 aliphatic heterocycles. The number of pyridine rings is 1. The lowest BCUT2D eigenvalue weighted by molar-refractivity contribution is -0.385. The number of nitro groups is 1. The summed E-state index contributed by atoms with van der Waals surface area (Å²) in [5.41, 5.74) is -0.0868. The van der Waals surface area contributed by atoms with Gasteiger partial charge in [-0.2, -0.15) is 0 Å². The molecular formula is C11H15BrN4O4S. The number of rotatable bonds is 6. The molecule has 0 amide bonds. The van der Waals surface area contributed by atoms with Crippen LogP contribution in [0.4, 0.5) is 11.5 Å². The summed E-state index contributed by atoms with van der Waals surface area (Å²) in [4.78, 5) is 14.1. The van der Waals surface area contributed by atoms with Crippen molar-refractivity contribution in [1.82, 2.24) is 9.29 Å². The van der Waals surface area contributed by atoms with E-state index >= 15 is 0 Å². The number of nitrogens with one attached hydrogen (secondary N) is 1. The molecule has 0 aromatic carbocycles. The van der Waals surface area contributed by atoms with E-state index in [0.717, 1.165) is 0 Å². The Bertz CT molecular complexity index is 646. The molecule has 0 unspecified atom stereocenters. The molecule has 0 spiro atoms. The second kappa shape index (κ2) is 6.24.